The van der Waals surface area contributed by atoms with Crippen LogP contribution in [0.4, 0.5) is 4.79 Å². The molecule has 2 saturated heterocycles. The van der Waals surface area contributed by atoms with E-state index in [2.05, 4.69) is 5.32 Å². The number of hydrogen-bond donors (Lipinski definition) is 1. The smallest absolute Gasteiger partial charge is 0.294 e. The average molecular weight is 436 g/mol. The zero-order valence-electron chi connectivity index (χ0n) is 17.1. The fourth-order valence-corrected chi connectivity index (χ4v) is 4.04. The summed E-state index contributed by atoms with van der Waals surface area (Å²) in [6.45, 7) is 0.732. The number of benzene rings is 1. The Kier molecular flexibility index (Phi) is 7.22. The summed E-state index contributed by atoms with van der Waals surface area (Å²) in [6.07, 6.45) is 3.40. The predicted octanol–water partition coefficient (Wildman–Crippen LogP) is 2.04. The molecule has 0 radical (unpaired) electrons. The van der Waals surface area contributed by atoms with E-state index >= 15 is 0 Å². The van der Waals surface area contributed by atoms with Crippen molar-refractivity contribution in [3.8, 4) is 17.2 Å². The van der Waals surface area contributed by atoms with E-state index in [1.165, 1.54) is 21.3 Å². The minimum atomic E-state index is -0.522. The van der Waals surface area contributed by atoms with Crippen LogP contribution >= 0.6 is 11.8 Å². The van der Waals surface area contributed by atoms with E-state index < -0.39 is 17.1 Å². The molecule has 1 aromatic carbocycles. The molecule has 0 unspecified atom stereocenters. The monoisotopic (exact) mass is 436 g/mol. The van der Waals surface area contributed by atoms with Crippen LogP contribution < -0.4 is 19.5 Å². The molecule has 0 spiro atoms. The quantitative estimate of drug-likeness (QED) is 0.618. The van der Waals surface area contributed by atoms with Crippen LogP contribution in [-0.4, -0.2) is 69.1 Å². The Labute approximate surface area is 178 Å². The first-order valence-corrected chi connectivity index (χ1v) is 10.2. The largest absolute Gasteiger partial charge is 0.493 e. The number of methoxy groups -OCH3 is 3. The van der Waals surface area contributed by atoms with Crippen molar-refractivity contribution < 1.29 is 33.3 Å². The van der Waals surface area contributed by atoms with Gasteiger partial charge in [0.1, 0.15) is 6.54 Å². The molecule has 0 aromatic heterocycles. The Bertz CT molecular complexity index is 840. The normalized spacial score (nSPS) is 20.0. The second kappa shape index (κ2) is 9.86. The predicted molar refractivity (Wildman–Crippen MR) is 111 cm³/mol. The molecule has 1 aromatic rings. The van der Waals surface area contributed by atoms with E-state index in [-0.39, 0.29) is 17.6 Å². The number of rotatable bonds is 8. The summed E-state index contributed by atoms with van der Waals surface area (Å²) in [7, 11) is 4.48. The summed E-state index contributed by atoms with van der Waals surface area (Å²) in [5, 5.41) is 2.22. The lowest BCUT2D eigenvalue weighted by molar-refractivity contribution is -0.129. The molecule has 2 aliphatic rings. The van der Waals surface area contributed by atoms with Crippen molar-refractivity contribution in [2.24, 2.45) is 0 Å². The van der Waals surface area contributed by atoms with Gasteiger partial charge in [-0.15, -0.1) is 0 Å². The summed E-state index contributed by atoms with van der Waals surface area (Å²) in [5.74, 6) is 0.354. The van der Waals surface area contributed by atoms with Crippen LogP contribution in [0.3, 0.4) is 0 Å². The Morgan fingerprint density at radius 3 is 2.50 bits per heavy atom. The van der Waals surface area contributed by atoms with Crippen LogP contribution in [-0.2, 0) is 14.3 Å². The zero-order valence-corrected chi connectivity index (χ0v) is 17.9. The second-order valence-electron chi connectivity index (χ2n) is 6.67. The number of thioether (sulfide) groups is 1. The van der Waals surface area contributed by atoms with Gasteiger partial charge in [0.25, 0.3) is 11.1 Å². The van der Waals surface area contributed by atoms with Crippen molar-refractivity contribution in [3.05, 3.63) is 22.6 Å². The first kappa shape index (κ1) is 22.0. The molecule has 3 rings (SSSR count). The maximum absolute atomic E-state index is 12.7. The van der Waals surface area contributed by atoms with E-state index in [1.54, 1.807) is 18.2 Å². The van der Waals surface area contributed by atoms with Crippen LogP contribution in [0.15, 0.2) is 17.0 Å². The number of carbonyl (C=O) groups excluding carboxylic acids is 3. The highest BCUT2D eigenvalue weighted by Gasteiger charge is 2.36. The molecule has 3 amide bonds. The van der Waals surface area contributed by atoms with Gasteiger partial charge in [0, 0.05) is 13.2 Å². The number of carbonyl (C=O) groups is 3. The van der Waals surface area contributed by atoms with Gasteiger partial charge in [-0.05, 0) is 48.4 Å². The van der Waals surface area contributed by atoms with Gasteiger partial charge in [0.05, 0.1) is 32.3 Å². The molecule has 2 heterocycles. The molecule has 2 fully saturated rings. The highest BCUT2D eigenvalue weighted by molar-refractivity contribution is 8.18. The van der Waals surface area contributed by atoms with Gasteiger partial charge in [-0.3, -0.25) is 19.3 Å². The Morgan fingerprint density at radius 2 is 1.93 bits per heavy atom. The summed E-state index contributed by atoms with van der Waals surface area (Å²) in [6, 6.07) is 3.34. The fraction of sp³-hybridized carbons (Fsp3) is 0.450. The lowest BCUT2D eigenvalue weighted by Gasteiger charge is -2.14. The van der Waals surface area contributed by atoms with Gasteiger partial charge in [0.15, 0.2) is 11.5 Å². The molecule has 162 valence electrons. The standard InChI is InChI=1S/C20H24N2O7S/c1-26-14-7-12(8-15(27-2)18(14)28-3)9-16-19(24)22(20(25)30-16)11-17(23)21-10-13-5-4-6-29-13/h7-9,13H,4-6,10-11H2,1-3H3,(H,21,23)/b16-9-/t13-/m1/s1. The fourth-order valence-electron chi connectivity index (χ4n) is 3.20. The molecule has 9 nitrogen and oxygen atoms in total. The van der Waals surface area contributed by atoms with Crippen LogP contribution in [0.2, 0.25) is 0 Å². The lowest BCUT2D eigenvalue weighted by Crippen LogP contribution is -2.41. The van der Waals surface area contributed by atoms with Crippen LogP contribution in [0.1, 0.15) is 18.4 Å². The van der Waals surface area contributed by atoms with Crippen molar-refractivity contribution in [2.45, 2.75) is 18.9 Å². The Balaban J connectivity index is 1.70. The topological polar surface area (TPSA) is 103 Å². The third-order valence-electron chi connectivity index (χ3n) is 4.71. The van der Waals surface area contributed by atoms with E-state index in [0.29, 0.717) is 36.0 Å². The number of amides is 3. The molecule has 1 N–H and O–H groups in total. The summed E-state index contributed by atoms with van der Waals surface area (Å²) in [5.41, 5.74) is 0.595. The van der Waals surface area contributed by atoms with Crippen LogP contribution in [0.5, 0.6) is 17.2 Å². The molecule has 0 bridgehead atoms. The van der Waals surface area contributed by atoms with E-state index in [9.17, 15) is 14.4 Å². The SMILES string of the molecule is COc1cc(/C=C2\SC(=O)N(CC(=O)NC[C@H]3CCCO3)C2=O)cc(OC)c1OC. The number of nitrogens with zero attached hydrogens (tertiary/aromatic N) is 1. The van der Waals surface area contributed by atoms with Gasteiger partial charge >= 0.3 is 0 Å². The first-order valence-electron chi connectivity index (χ1n) is 9.40. The van der Waals surface area contributed by atoms with Gasteiger partial charge < -0.3 is 24.3 Å². The minimum Gasteiger partial charge on any atom is -0.493 e. The molecule has 2 aliphatic heterocycles. The third-order valence-corrected chi connectivity index (χ3v) is 5.62. The number of ether oxygens (including phenoxy) is 4. The third kappa shape index (κ3) is 4.88. The Morgan fingerprint density at radius 1 is 1.23 bits per heavy atom. The average Bonchev–Trinajstić information content (AvgIpc) is 3.35. The minimum absolute atomic E-state index is 0.0104. The molecule has 0 saturated carbocycles. The molecule has 1 atom stereocenters. The van der Waals surface area contributed by atoms with Crippen LogP contribution in [0.25, 0.3) is 6.08 Å². The maximum atomic E-state index is 12.7. The van der Waals surface area contributed by atoms with Gasteiger partial charge in [-0.1, -0.05) is 0 Å². The van der Waals surface area contributed by atoms with Crippen LogP contribution in [0, 0.1) is 0 Å². The molecular formula is C20H24N2O7S. The molecule has 10 heteroatoms. The van der Waals surface area contributed by atoms with Crippen molar-refractivity contribution in [2.75, 3.05) is 41.0 Å². The summed E-state index contributed by atoms with van der Waals surface area (Å²) in [4.78, 5) is 38.3. The van der Waals surface area contributed by atoms with Crippen molar-refractivity contribution >= 4 is 34.9 Å². The summed E-state index contributed by atoms with van der Waals surface area (Å²) < 4.78 is 21.3. The van der Waals surface area contributed by atoms with Crippen molar-refractivity contribution in [1.82, 2.24) is 10.2 Å². The van der Waals surface area contributed by atoms with Gasteiger partial charge in [-0.25, -0.2) is 0 Å². The summed E-state index contributed by atoms with van der Waals surface area (Å²) >= 11 is 0.780. The van der Waals surface area contributed by atoms with E-state index in [4.69, 9.17) is 18.9 Å². The van der Waals surface area contributed by atoms with E-state index in [0.717, 1.165) is 29.5 Å². The molecule has 0 aliphatic carbocycles. The number of nitrogens with one attached hydrogen (secondary N) is 1. The lowest BCUT2D eigenvalue weighted by atomic mass is 10.1. The van der Waals surface area contributed by atoms with E-state index in [1.807, 2.05) is 0 Å². The second-order valence-corrected chi connectivity index (χ2v) is 7.66. The zero-order chi connectivity index (χ0) is 21.7. The molecule has 30 heavy (non-hydrogen) atoms. The maximum Gasteiger partial charge on any atom is 0.294 e. The first-order chi connectivity index (χ1) is 14.5. The molecular weight excluding hydrogens is 412 g/mol. The number of imide groups is 1. The van der Waals surface area contributed by atoms with Crippen molar-refractivity contribution in [3.63, 3.8) is 0 Å². The highest BCUT2D eigenvalue weighted by Crippen LogP contribution is 2.40. The van der Waals surface area contributed by atoms with Gasteiger partial charge in [0.2, 0.25) is 11.7 Å². The highest BCUT2D eigenvalue weighted by atomic mass is 32.2. The number of hydrogen-bond acceptors (Lipinski definition) is 8. The van der Waals surface area contributed by atoms with Gasteiger partial charge in [-0.2, -0.15) is 0 Å². The van der Waals surface area contributed by atoms with Crippen molar-refractivity contribution in [1.29, 1.82) is 0 Å². The Hall–Kier alpha value is -2.72.